The summed E-state index contributed by atoms with van der Waals surface area (Å²) in [4.78, 5) is 11.6. The molecule has 2 unspecified atom stereocenters. The molecular formula is C9H19N3O2S. The van der Waals surface area contributed by atoms with Crippen LogP contribution in [0.4, 0.5) is 0 Å². The van der Waals surface area contributed by atoms with Gasteiger partial charge in [0.25, 0.3) is 0 Å². The minimum atomic E-state index is -0.764. The monoisotopic (exact) mass is 233 g/mol. The van der Waals surface area contributed by atoms with Crippen molar-refractivity contribution < 1.29 is 9.00 Å². The molecule has 1 aliphatic rings. The highest BCUT2D eigenvalue weighted by Crippen LogP contribution is 1.88. The van der Waals surface area contributed by atoms with E-state index in [2.05, 4.69) is 16.0 Å². The zero-order valence-corrected chi connectivity index (χ0v) is 9.86. The predicted molar refractivity (Wildman–Crippen MR) is 61.2 cm³/mol. The Hall–Kier alpha value is -0.460. The summed E-state index contributed by atoms with van der Waals surface area (Å²) in [7, 11) is -0.764. The highest BCUT2D eigenvalue weighted by Gasteiger charge is 2.19. The van der Waals surface area contributed by atoms with E-state index in [1.165, 1.54) is 0 Å². The highest BCUT2D eigenvalue weighted by atomic mass is 32.2. The van der Waals surface area contributed by atoms with Crippen molar-refractivity contribution in [2.75, 3.05) is 38.2 Å². The maximum Gasteiger partial charge on any atom is 0.238 e. The average molecular weight is 233 g/mol. The van der Waals surface area contributed by atoms with Crippen LogP contribution in [0.3, 0.4) is 0 Å². The topological polar surface area (TPSA) is 70.2 Å². The van der Waals surface area contributed by atoms with E-state index in [0.717, 1.165) is 19.5 Å². The van der Waals surface area contributed by atoms with Crippen molar-refractivity contribution in [2.45, 2.75) is 12.5 Å². The Morgan fingerprint density at radius 1 is 1.53 bits per heavy atom. The van der Waals surface area contributed by atoms with E-state index < -0.39 is 10.8 Å². The first-order chi connectivity index (χ1) is 7.20. The Morgan fingerprint density at radius 3 is 2.93 bits per heavy atom. The zero-order valence-electron chi connectivity index (χ0n) is 9.04. The summed E-state index contributed by atoms with van der Waals surface area (Å²) in [5.74, 6) is 0.681. The fourth-order valence-electron chi connectivity index (χ4n) is 1.45. The molecule has 1 amide bonds. The molecule has 3 N–H and O–H groups in total. The van der Waals surface area contributed by atoms with Crippen LogP contribution in [0.15, 0.2) is 0 Å². The van der Waals surface area contributed by atoms with E-state index in [1.54, 1.807) is 6.26 Å². The summed E-state index contributed by atoms with van der Waals surface area (Å²) in [6.07, 6.45) is 2.45. The largest absolute Gasteiger partial charge is 0.355 e. The molecule has 0 aliphatic carbocycles. The Morgan fingerprint density at radius 2 is 2.33 bits per heavy atom. The van der Waals surface area contributed by atoms with Gasteiger partial charge in [0.1, 0.15) is 0 Å². The summed E-state index contributed by atoms with van der Waals surface area (Å²) in [5.41, 5.74) is 0. The van der Waals surface area contributed by atoms with Crippen LogP contribution in [0.25, 0.3) is 0 Å². The third-order valence-corrected chi connectivity index (χ3v) is 3.13. The van der Waals surface area contributed by atoms with E-state index in [9.17, 15) is 9.00 Å². The maximum absolute atomic E-state index is 11.6. The maximum atomic E-state index is 11.6. The number of hydrogen-bond donors (Lipinski definition) is 3. The van der Waals surface area contributed by atoms with Crippen LogP contribution in [0.1, 0.15) is 6.42 Å². The van der Waals surface area contributed by atoms with E-state index in [1.807, 2.05) is 0 Å². The SMILES string of the molecule is CS(=O)CCCNC(=O)C1CNCCN1. The van der Waals surface area contributed by atoms with Crippen LogP contribution < -0.4 is 16.0 Å². The fraction of sp³-hybridized carbons (Fsp3) is 0.889. The van der Waals surface area contributed by atoms with Gasteiger partial charge in [-0.2, -0.15) is 0 Å². The number of carbonyl (C=O) groups is 1. The van der Waals surface area contributed by atoms with E-state index in [4.69, 9.17) is 0 Å². The van der Waals surface area contributed by atoms with Crippen LogP contribution in [0.2, 0.25) is 0 Å². The lowest BCUT2D eigenvalue weighted by molar-refractivity contribution is -0.123. The minimum Gasteiger partial charge on any atom is -0.355 e. The highest BCUT2D eigenvalue weighted by molar-refractivity contribution is 7.84. The molecule has 0 saturated carbocycles. The van der Waals surface area contributed by atoms with Crippen molar-refractivity contribution in [2.24, 2.45) is 0 Å². The number of piperazine rings is 1. The van der Waals surface area contributed by atoms with Crippen molar-refractivity contribution in [1.29, 1.82) is 0 Å². The van der Waals surface area contributed by atoms with Crippen LogP contribution in [-0.2, 0) is 15.6 Å². The summed E-state index contributed by atoms with van der Waals surface area (Å²) < 4.78 is 10.8. The molecule has 2 atom stereocenters. The summed E-state index contributed by atoms with van der Waals surface area (Å²) in [6.45, 7) is 3.04. The molecule has 0 spiro atoms. The van der Waals surface area contributed by atoms with E-state index in [-0.39, 0.29) is 11.9 Å². The van der Waals surface area contributed by atoms with Crippen molar-refractivity contribution in [3.05, 3.63) is 0 Å². The molecule has 0 aromatic rings. The molecule has 0 aromatic carbocycles. The Balaban J connectivity index is 2.09. The van der Waals surface area contributed by atoms with Gasteiger partial charge in [0.05, 0.1) is 6.04 Å². The van der Waals surface area contributed by atoms with Gasteiger partial charge in [0, 0.05) is 49.0 Å². The van der Waals surface area contributed by atoms with Gasteiger partial charge in [-0.25, -0.2) is 0 Å². The quantitative estimate of drug-likeness (QED) is 0.502. The second-order valence-electron chi connectivity index (χ2n) is 3.63. The third-order valence-electron chi connectivity index (χ3n) is 2.27. The summed E-state index contributed by atoms with van der Waals surface area (Å²) in [5, 5.41) is 9.12. The average Bonchev–Trinajstić information content (AvgIpc) is 2.25. The van der Waals surface area contributed by atoms with Gasteiger partial charge in [-0.3, -0.25) is 9.00 Å². The fourth-order valence-corrected chi connectivity index (χ4v) is 2.00. The lowest BCUT2D eigenvalue weighted by Crippen LogP contribution is -2.55. The van der Waals surface area contributed by atoms with E-state index in [0.29, 0.717) is 18.8 Å². The van der Waals surface area contributed by atoms with Gasteiger partial charge in [0.2, 0.25) is 5.91 Å². The second-order valence-corrected chi connectivity index (χ2v) is 5.19. The predicted octanol–water partition coefficient (Wildman–Crippen LogP) is -1.57. The van der Waals surface area contributed by atoms with Gasteiger partial charge < -0.3 is 16.0 Å². The van der Waals surface area contributed by atoms with Gasteiger partial charge in [0.15, 0.2) is 0 Å². The first kappa shape index (κ1) is 12.6. The van der Waals surface area contributed by atoms with Gasteiger partial charge >= 0.3 is 0 Å². The molecule has 1 aliphatic heterocycles. The molecule has 1 heterocycles. The first-order valence-corrected chi connectivity index (χ1v) is 6.94. The Kier molecular flexibility index (Phi) is 5.82. The zero-order chi connectivity index (χ0) is 11.1. The number of carbonyl (C=O) groups excluding carboxylic acids is 1. The van der Waals surface area contributed by atoms with Crippen molar-refractivity contribution >= 4 is 16.7 Å². The Labute approximate surface area is 92.8 Å². The normalized spacial score (nSPS) is 23.4. The van der Waals surface area contributed by atoms with Crippen molar-refractivity contribution in [1.82, 2.24) is 16.0 Å². The summed E-state index contributed by atoms with van der Waals surface area (Å²) in [6, 6.07) is -0.120. The number of hydrogen-bond acceptors (Lipinski definition) is 4. The second kappa shape index (κ2) is 6.92. The number of rotatable bonds is 5. The molecule has 15 heavy (non-hydrogen) atoms. The lowest BCUT2D eigenvalue weighted by atomic mass is 10.2. The van der Waals surface area contributed by atoms with Crippen LogP contribution in [0, 0.1) is 0 Å². The number of amides is 1. The molecule has 88 valence electrons. The molecule has 6 heteroatoms. The van der Waals surface area contributed by atoms with Crippen molar-refractivity contribution in [3.63, 3.8) is 0 Å². The third kappa shape index (κ3) is 5.25. The Bertz CT molecular complexity index is 229. The molecular weight excluding hydrogens is 214 g/mol. The first-order valence-electron chi connectivity index (χ1n) is 5.22. The molecule has 1 rings (SSSR count). The molecule has 0 aromatic heterocycles. The van der Waals surface area contributed by atoms with E-state index >= 15 is 0 Å². The van der Waals surface area contributed by atoms with Crippen LogP contribution in [-0.4, -0.2) is 54.3 Å². The van der Waals surface area contributed by atoms with Crippen molar-refractivity contribution in [3.8, 4) is 0 Å². The minimum absolute atomic E-state index is 0.0316. The smallest absolute Gasteiger partial charge is 0.238 e. The number of nitrogens with one attached hydrogen (secondary N) is 3. The lowest BCUT2D eigenvalue weighted by Gasteiger charge is -2.23. The van der Waals surface area contributed by atoms with Crippen LogP contribution in [0.5, 0.6) is 0 Å². The molecule has 1 saturated heterocycles. The van der Waals surface area contributed by atoms with Crippen LogP contribution >= 0.6 is 0 Å². The van der Waals surface area contributed by atoms with Gasteiger partial charge in [-0.1, -0.05) is 0 Å². The summed E-state index contributed by atoms with van der Waals surface area (Å²) >= 11 is 0. The molecule has 1 fully saturated rings. The standard InChI is InChI=1S/C9H19N3O2S/c1-15(14)6-2-3-12-9(13)8-7-10-4-5-11-8/h8,10-11H,2-7H2,1H3,(H,12,13). The molecule has 0 radical (unpaired) electrons. The molecule has 0 bridgehead atoms. The van der Waals surface area contributed by atoms with Gasteiger partial charge in [-0.15, -0.1) is 0 Å². The van der Waals surface area contributed by atoms with Gasteiger partial charge in [-0.05, 0) is 6.42 Å². The molecule has 5 nitrogen and oxygen atoms in total.